The summed E-state index contributed by atoms with van der Waals surface area (Å²) in [6, 6.07) is 10.1. The van der Waals surface area contributed by atoms with Crippen LogP contribution in [0.2, 0.25) is 0 Å². The molecule has 0 saturated heterocycles. The molecule has 1 aromatic carbocycles. The lowest BCUT2D eigenvalue weighted by atomic mass is 10.0. The molecule has 17 heavy (non-hydrogen) atoms. The number of rotatable bonds is 5. The number of carbonyl (C=O) groups excluding carboxylic acids is 1. The number of nitriles is 1. The average molecular weight is 230 g/mol. The van der Waals surface area contributed by atoms with Gasteiger partial charge in [0.1, 0.15) is 6.54 Å². The molecule has 0 unspecified atom stereocenters. The van der Waals surface area contributed by atoms with Gasteiger partial charge in [-0.15, -0.1) is 0 Å². The first kappa shape index (κ1) is 13.2. The van der Waals surface area contributed by atoms with Crippen molar-refractivity contribution in [1.82, 2.24) is 4.90 Å². The number of carbonyl (C=O) groups is 1. The van der Waals surface area contributed by atoms with Crippen molar-refractivity contribution in [2.24, 2.45) is 0 Å². The molecule has 0 N–H and O–H groups in total. The highest BCUT2D eigenvalue weighted by molar-refractivity contribution is 5.76. The van der Waals surface area contributed by atoms with Gasteiger partial charge in [-0.2, -0.15) is 5.26 Å². The predicted octanol–water partition coefficient (Wildman–Crippen LogP) is 2.30. The Morgan fingerprint density at radius 1 is 1.41 bits per heavy atom. The van der Waals surface area contributed by atoms with Crippen molar-refractivity contribution in [2.75, 3.05) is 13.1 Å². The van der Waals surface area contributed by atoms with E-state index >= 15 is 0 Å². The van der Waals surface area contributed by atoms with Crippen LogP contribution in [0.4, 0.5) is 0 Å². The van der Waals surface area contributed by atoms with Crippen molar-refractivity contribution in [1.29, 1.82) is 5.26 Å². The van der Waals surface area contributed by atoms with E-state index in [2.05, 4.69) is 0 Å². The minimum absolute atomic E-state index is 0.0531. The summed E-state index contributed by atoms with van der Waals surface area (Å²) in [5.74, 6) is 0.0531. The van der Waals surface area contributed by atoms with Crippen LogP contribution in [-0.4, -0.2) is 23.9 Å². The van der Waals surface area contributed by atoms with Crippen molar-refractivity contribution in [3.63, 3.8) is 0 Å². The summed E-state index contributed by atoms with van der Waals surface area (Å²) >= 11 is 0. The van der Waals surface area contributed by atoms with Gasteiger partial charge in [-0.3, -0.25) is 4.79 Å². The Morgan fingerprint density at radius 3 is 2.71 bits per heavy atom. The Bertz CT molecular complexity index is 420. The first-order valence-corrected chi connectivity index (χ1v) is 5.88. The van der Waals surface area contributed by atoms with Crippen molar-refractivity contribution in [3.8, 4) is 6.07 Å². The second-order valence-corrected chi connectivity index (χ2v) is 3.99. The predicted molar refractivity (Wildman–Crippen MR) is 67.4 cm³/mol. The van der Waals surface area contributed by atoms with Crippen LogP contribution in [0.3, 0.4) is 0 Å². The highest BCUT2D eigenvalue weighted by Crippen LogP contribution is 2.10. The summed E-state index contributed by atoms with van der Waals surface area (Å²) in [5.41, 5.74) is 2.41. The van der Waals surface area contributed by atoms with E-state index in [1.54, 1.807) is 4.90 Å². The topological polar surface area (TPSA) is 44.1 Å². The molecule has 1 amide bonds. The molecule has 0 saturated carbocycles. The molecule has 3 nitrogen and oxygen atoms in total. The largest absolute Gasteiger partial charge is 0.330 e. The maximum atomic E-state index is 11.8. The first-order chi connectivity index (χ1) is 8.19. The summed E-state index contributed by atoms with van der Waals surface area (Å²) in [6.45, 7) is 4.72. The van der Waals surface area contributed by atoms with Gasteiger partial charge in [0.25, 0.3) is 0 Å². The number of hydrogen-bond acceptors (Lipinski definition) is 2. The van der Waals surface area contributed by atoms with E-state index in [1.807, 2.05) is 44.2 Å². The van der Waals surface area contributed by atoms with Crippen LogP contribution in [0, 0.1) is 18.3 Å². The minimum atomic E-state index is 0.0531. The van der Waals surface area contributed by atoms with Crippen LogP contribution in [-0.2, 0) is 11.2 Å². The van der Waals surface area contributed by atoms with Gasteiger partial charge in [0, 0.05) is 13.0 Å². The fourth-order valence-electron chi connectivity index (χ4n) is 1.75. The molecule has 0 atom stereocenters. The Hall–Kier alpha value is -1.82. The lowest BCUT2D eigenvalue weighted by Crippen LogP contribution is -2.31. The zero-order chi connectivity index (χ0) is 12.7. The maximum absolute atomic E-state index is 11.8. The van der Waals surface area contributed by atoms with Gasteiger partial charge in [0.15, 0.2) is 0 Å². The molecule has 0 aromatic heterocycles. The van der Waals surface area contributed by atoms with E-state index < -0.39 is 0 Å². The van der Waals surface area contributed by atoms with Gasteiger partial charge in [-0.05, 0) is 31.4 Å². The molecule has 0 aliphatic rings. The van der Waals surface area contributed by atoms with Gasteiger partial charge in [0.05, 0.1) is 6.07 Å². The van der Waals surface area contributed by atoms with Crippen molar-refractivity contribution < 1.29 is 4.79 Å². The third kappa shape index (κ3) is 3.92. The van der Waals surface area contributed by atoms with Gasteiger partial charge in [-0.1, -0.05) is 24.3 Å². The second kappa shape index (κ2) is 6.70. The van der Waals surface area contributed by atoms with Crippen molar-refractivity contribution in [3.05, 3.63) is 35.4 Å². The number of aryl methyl sites for hydroxylation is 2. The molecular formula is C14H18N2O. The van der Waals surface area contributed by atoms with Crippen molar-refractivity contribution >= 4 is 5.91 Å². The molecule has 90 valence electrons. The Labute approximate surface area is 103 Å². The number of nitrogens with zero attached hydrogens (tertiary/aromatic N) is 2. The van der Waals surface area contributed by atoms with Crippen molar-refractivity contribution in [2.45, 2.75) is 26.7 Å². The third-order valence-corrected chi connectivity index (χ3v) is 2.87. The van der Waals surface area contributed by atoms with E-state index in [-0.39, 0.29) is 12.5 Å². The minimum Gasteiger partial charge on any atom is -0.330 e. The SMILES string of the molecule is CCN(CC#N)C(=O)CCc1ccccc1C. The van der Waals surface area contributed by atoms with E-state index in [9.17, 15) is 4.79 Å². The lowest BCUT2D eigenvalue weighted by molar-refractivity contribution is -0.130. The second-order valence-electron chi connectivity index (χ2n) is 3.99. The summed E-state index contributed by atoms with van der Waals surface area (Å²) in [7, 11) is 0. The fraction of sp³-hybridized carbons (Fsp3) is 0.429. The van der Waals surface area contributed by atoms with E-state index in [0.717, 1.165) is 6.42 Å². The molecule has 0 aliphatic heterocycles. The van der Waals surface area contributed by atoms with Gasteiger partial charge in [-0.25, -0.2) is 0 Å². The fourth-order valence-corrected chi connectivity index (χ4v) is 1.75. The van der Waals surface area contributed by atoms with E-state index in [4.69, 9.17) is 5.26 Å². The smallest absolute Gasteiger partial charge is 0.223 e. The highest BCUT2D eigenvalue weighted by atomic mass is 16.2. The molecule has 0 fully saturated rings. The third-order valence-electron chi connectivity index (χ3n) is 2.87. The van der Waals surface area contributed by atoms with E-state index in [0.29, 0.717) is 13.0 Å². The monoisotopic (exact) mass is 230 g/mol. The van der Waals surface area contributed by atoms with E-state index in [1.165, 1.54) is 11.1 Å². The summed E-state index contributed by atoms with van der Waals surface area (Å²) in [4.78, 5) is 13.4. The Balaban J connectivity index is 2.54. The molecule has 0 radical (unpaired) electrons. The summed E-state index contributed by atoms with van der Waals surface area (Å²) in [6.07, 6.45) is 1.22. The molecule has 3 heteroatoms. The molecule has 1 aromatic rings. The van der Waals surface area contributed by atoms with Crippen LogP contribution >= 0.6 is 0 Å². The van der Waals surface area contributed by atoms with Crippen LogP contribution in [0.15, 0.2) is 24.3 Å². The Kier molecular flexibility index (Phi) is 5.22. The molecule has 0 bridgehead atoms. The first-order valence-electron chi connectivity index (χ1n) is 5.88. The van der Waals surface area contributed by atoms with Crippen LogP contribution in [0.1, 0.15) is 24.5 Å². The van der Waals surface area contributed by atoms with Gasteiger partial charge < -0.3 is 4.90 Å². The zero-order valence-corrected chi connectivity index (χ0v) is 10.4. The molecular weight excluding hydrogens is 212 g/mol. The zero-order valence-electron chi connectivity index (χ0n) is 10.4. The summed E-state index contributed by atoms with van der Waals surface area (Å²) in [5, 5.41) is 8.60. The standard InChI is InChI=1S/C14H18N2O/c1-3-16(11-10-15)14(17)9-8-13-7-5-4-6-12(13)2/h4-7H,3,8-9,11H2,1-2H3. The quantitative estimate of drug-likeness (QED) is 0.728. The molecule has 0 spiro atoms. The summed E-state index contributed by atoms with van der Waals surface area (Å²) < 4.78 is 0. The molecule has 1 rings (SSSR count). The molecule has 0 heterocycles. The number of amides is 1. The number of hydrogen-bond donors (Lipinski definition) is 0. The average Bonchev–Trinajstić information content (AvgIpc) is 2.34. The maximum Gasteiger partial charge on any atom is 0.223 e. The van der Waals surface area contributed by atoms with Gasteiger partial charge >= 0.3 is 0 Å². The van der Waals surface area contributed by atoms with Crippen LogP contribution < -0.4 is 0 Å². The normalized spacial score (nSPS) is 9.71. The van der Waals surface area contributed by atoms with Crippen LogP contribution in [0.25, 0.3) is 0 Å². The Morgan fingerprint density at radius 2 is 2.12 bits per heavy atom. The molecule has 0 aliphatic carbocycles. The van der Waals surface area contributed by atoms with Gasteiger partial charge in [0.2, 0.25) is 5.91 Å². The number of benzene rings is 1. The lowest BCUT2D eigenvalue weighted by Gasteiger charge is -2.17. The highest BCUT2D eigenvalue weighted by Gasteiger charge is 2.11. The van der Waals surface area contributed by atoms with Crippen LogP contribution in [0.5, 0.6) is 0 Å².